The number of carbonyl (C=O) groups excluding carboxylic acids is 2. The van der Waals surface area contributed by atoms with E-state index < -0.39 is 15.8 Å². The van der Waals surface area contributed by atoms with Crippen LogP contribution < -0.4 is 5.32 Å². The predicted molar refractivity (Wildman–Crippen MR) is 112 cm³/mol. The number of benzene rings is 1. The van der Waals surface area contributed by atoms with Crippen LogP contribution in [-0.2, 0) is 25.9 Å². The van der Waals surface area contributed by atoms with E-state index >= 15 is 0 Å². The SMILES string of the molecule is CCOC(=O)c1sc(NC(=O)Cn2cc(-c3cccc(S(C)(=O)=O)c3)nn2)cc1C. The van der Waals surface area contributed by atoms with E-state index in [4.69, 9.17) is 4.74 Å². The molecule has 3 aromatic rings. The highest BCUT2D eigenvalue weighted by molar-refractivity contribution is 7.90. The highest BCUT2D eigenvalue weighted by Gasteiger charge is 2.16. The molecule has 11 heteroatoms. The van der Waals surface area contributed by atoms with Gasteiger partial charge in [-0.2, -0.15) is 0 Å². The number of ether oxygens (including phenoxy) is 1. The third-order valence-corrected chi connectivity index (χ3v) is 6.29. The van der Waals surface area contributed by atoms with Crippen LogP contribution in [0.1, 0.15) is 22.2 Å². The van der Waals surface area contributed by atoms with Gasteiger partial charge < -0.3 is 10.1 Å². The summed E-state index contributed by atoms with van der Waals surface area (Å²) in [4.78, 5) is 24.9. The first-order valence-corrected chi connectivity index (χ1v) is 11.7. The van der Waals surface area contributed by atoms with Crippen LogP contribution in [0.2, 0.25) is 0 Å². The molecule has 0 aliphatic carbocycles. The molecule has 0 bridgehead atoms. The molecule has 0 saturated heterocycles. The average Bonchev–Trinajstić information content (AvgIpc) is 3.28. The van der Waals surface area contributed by atoms with Gasteiger partial charge in [-0.15, -0.1) is 16.4 Å². The first-order chi connectivity index (χ1) is 14.2. The highest BCUT2D eigenvalue weighted by Crippen LogP contribution is 2.27. The lowest BCUT2D eigenvalue weighted by atomic mass is 10.2. The Kier molecular flexibility index (Phi) is 6.32. The van der Waals surface area contributed by atoms with Crippen LogP contribution >= 0.6 is 11.3 Å². The van der Waals surface area contributed by atoms with Crippen molar-refractivity contribution in [2.75, 3.05) is 18.2 Å². The van der Waals surface area contributed by atoms with Crippen molar-refractivity contribution in [3.05, 3.63) is 47.0 Å². The van der Waals surface area contributed by atoms with Crippen LogP contribution in [0, 0.1) is 6.92 Å². The molecule has 3 rings (SSSR count). The predicted octanol–water partition coefficient (Wildman–Crippen LogP) is 2.53. The summed E-state index contributed by atoms with van der Waals surface area (Å²) in [5, 5.41) is 11.2. The summed E-state index contributed by atoms with van der Waals surface area (Å²) in [6.45, 7) is 3.68. The van der Waals surface area contributed by atoms with Crippen LogP contribution in [0.25, 0.3) is 11.3 Å². The Morgan fingerprint density at radius 1 is 1.27 bits per heavy atom. The van der Waals surface area contributed by atoms with Crippen molar-refractivity contribution in [1.82, 2.24) is 15.0 Å². The summed E-state index contributed by atoms with van der Waals surface area (Å²) in [5.74, 6) is -0.759. The fourth-order valence-electron chi connectivity index (χ4n) is 2.66. The molecule has 0 spiro atoms. The number of sulfone groups is 1. The minimum atomic E-state index is -3.34. The van der Waals surface area contributed by atoms with E-state index in [0.29, 0.717) is 21.1 Å². The van der Waals surface area contributed by atoms with Crippen LogP contribution in [-0.4, -0.2) is 48.2 Å². The quantitative estimate of drug-likeness (QED) is 0.551. The average molecular weight is 449 g/mol. The van der Waals surface area contributed by atoms with Gasteiger partial charge in [0.15, 0.2) is 9.84 Å². The Labute approximate surface area is 177 Å². The van der Waals surface area contributed by atoms with Gasteiger partial charge in [-0.3, -0.25) is 4.79 Å². The van der Waals surface area contributed by atoms with Gasteiger partial charge in [-0.25, -0.2) is 17.9 Å². The summed E-state index contributed by atoms with van der Waals surface area (Å²) in [6.07, 6.45) is 2.69. The molecule has 158 valence electrons. The number of nitrogens with zero attached hydrogens (tertiary/aromatic N) is 3. The lowest BCUT2D eigenvalue weighted by molar-refractivity contribution is -0.116. The Hall–Kier alpha value is -3.05. The van der Waals surface area contributed by atoms with Crippen molar-refractivity contribution < 1.29 is 22.7 Å². The Morgan fingerprint density at radius 2 is 2.03 bits per heavy atom. The van der Waals surface area contributed by atoms with Crippen LogP contribution in [0.3, 0.4) is 0 Å². The maximum Gasteiger partial charge on any atom is 0.348 e. The Bertz CT molecular complexity index is 1200. The van der Waals surface area contributed by atoms with E-state index in [0.717, 1.165) is 23.2 Å². The van der Waals surface area contributed by atoms with Crippen molar-refractivity contribution in [1.29, 1.82) is 0 Å². The largest absolute Gasteiger partial charge is 0.462 e. The van der Waals surface area contributed by atoms with Gasteiger partial charge in [-0.05, 0) is 37.6 Å². The number of nitrogens with one attached hydrogen (secondary N) is 1. The van der Waals surface area contributed by atoms with Crippen LogP contribution in [0.15, 0.2) is 41.4 Å². The fourth-order valence-corrected chi connectivity index (χ4v) is 4.31. The molecular formula is C19H20N4O5S2. The van der Waals surface area contributed by atoms with Crippen LogP contribution in [0.5, 0.6) is 0 Å². The molecule has 0 unspecified atom stereocenters. The zero-order chi connectivity index (χ0) is 21.9. The third kappa shape index (κ3) is 5.10. The number of thiophene rings is 1. The molecule has 0 aliphatic heterocycles. The van der Waals surface area contributed by atoms with Gasteiger partial charge in [-0.1, -0.05) is 17.3 Å². The normalized spacial score (nSPS) is 11.3. The van der Waals surface area contributed by atoms with E-state index in [-0.39, 0.29) is 24.0 Å². The maximum absolute atomic E-state index is 12.3. The number of amides is 1. The molecule has 1 N–H and O–H groups in total. The second kappa shape index (κ2) is 8.76. The topological polar surface area (TPSA) is 120 Å². The van der Waals surface area contributed by atoms with Crippen molar-refractivity contribution in [3.8, 4) is 11.3 Å². The summed E-state index contributed by atoms with van der Waals surface area (Å²) in [6, 6.07) is 8.06. The number of hydrogen-bond donors (Lipinski definition) is 1. The van der Waals surface area contributed by atoms with Gasteiger partial charge in [0.25, 0.3) is 0 Å². The Morgan fingerprint density at radius 3 is 2.73 bits per heavy atom. The molecular weight excluding hydrogens is 428 g/mol. The number of aromatic nitrogens is 3. The molecule has 0 fully saturated rings. The molecule has 1 amide bonds. The first kappa shape index (κ1) is 21.7. The second-order valence-corrected chi connectivity index (χ2v) is 9.56. The summed E-state index contributed by atoms with van der Waals surface area (Å²) >= 11 is 1.14. The number of anilines is 1. The molecule has 1 aromatic carbocycles. The monoisotopic (exact) mass is 448 g/mol. The van der Waals surface area contributed by atoms with E-state index in [1.54, 1.807) is 38.2 Å². The van der Waals surface area contributed by atoms with Gasteiger partial charge in [0.2, 0.25) is 5.91 Å². The van der Waals surface area contributed by atoms with Crippen molar-refractivity contribution in [2.24, 2.45) is 0 Å². The number of rotatable bonds is 7. The minimum absolute atomic E-state index is 0.0928. The summed E-state index contributed by atoms with van der Waals surface area (Å²) in [7, 11) is -3.34. The zero-order valence-electron chi connectivity index (χ0n) is 16.6. The molecule has 9 nitrogen and oxygen atoms in total. The highest BCUT2D eigenvalue weighted by atomic mass is 32.2. The molecule has 2 aromatic heterocycles. The fraction of sp³-hybridized carbons (Fsp3) is 0.263. The number of esters is 1. The van der Waals surface area contributed by atoms with E-state index in [1.165, 1.54) is 16.8 Å². The molecule has 0 atom stereocenters. The number of carbonyl (C=O) groups is 2. The lowest BCUT2D eigenvalue weighted by Gasteiger charge is -2.02. The summed E-state index contributed by atoms with van der Waals surface area (Å²) < 4.78 is 29.8. The summed E-state index contributed by atoms with van der Waals surface area (Å²) in [5.41, 5.74) is 1.75. The van der Waals surface area contributed by atoms with Gasteiger partial charge in [0.1, 0.15) is 17.1 Å². The van der Waals surface area contributed by atoms with Crippen molar-refractivity contribution >= 4 is 38.1 Å². The van der Waals surface area contributed by atoms with Gasteiger partial charge >= 0.3 is 5.97 Å². The van der Waals surface area contributed by atoms with Gasteiger partial charge in [0, 0.05) is 11.8 Å². The van der Waals surface area contributed by atoms with Crippen molar-refractivity contribution in [3.63, 3.8) is 0 Å². The van der Waals surface area contributed by atoms with Crippen LogP contribution in [0.4, 0.5) is 5.00 Å². The van der Waals surface area contributed by atoms with E-state index in [2.05, 4.69) is 15.6 Å². The molecule has 0 saturated carbocycles. The molecule has 30 heavy (non-hydrogen) atoms. The smallest absolute Gasteiger partial charge is 0.348 e. The van der Waals surface area contributed by atoms with Gasteiger partial charge in [0.05, 0.1) is 22.7 Å². The number of hydrogen-bond acceptors (Lipinski definition) is 8. The van der Waals surface area contributed by atoms with Crippen molar-refractivity contribution in [2.45, 2.75) is 25.3 Å². The second-order valence-electron chi connectivity index (χ2n) is 6.49. The van der Waals surface area contributed by atoms with E-state index in [9.17, 15) is 18.0 Å². The molecule has 0 radical (unpaired) electrons. The maximum atomic E-state index is 12.3. The zero-order valence-corrected chi connectivity index (χ0v) is 18.2. The minimum Gasteiger partial charge on any atom is -0.462 e. The third-order valence-electron chi connectivity index (χ3n) is 4.04. The van der Waals surface area contributed by atoms with E-state index in [1.807, 2.05) is 0 Å². The lowest BCUT2D eigenvalue weighted by Crippen LogP contribution is -2.18. The molecule has 2 heterocycles. The first-order valence-electron chi connectivity index (χ1n) is 8.95. The Balaban J connectivity index is 1.69. The number of aryl methyl sites for hydroxylation is 1. The molecule has 0 aliphatic rings. The standard InChI is InChI=1S/C19H20N4O5S2/c1-4-28-19(25)18-12(2)8-17(29-18)20-16(24)11-23-10-15(21-22-23)13-6-5-7-14(9-13)30(3,26)27/h5-10H,4,11H2,1-3H3,(H,20,24).